The Kier molecular flexibility index (Phi) is 5.23. The van der Waals surface area contributed by atoms with Crippen molar-refractivity contribution < 1.29 is 14.6 Å². The minimum atomic E-state index is -0.301. The van der Waals surface area contributed by atoms with Crippen molar-refractivity contribution in [3.63, 3.8) is 0 Å². The third-order valence-electron chi connectivity index (χ3n) is 4.01. The lowest BCUT2D eigenvalue weighted by atomic mass is 10.00. The quantitative estimate of drug-likeness (QED) is 0.792. The number of nitrogens with one attached hydrogen (secondary N) is 1. The first-order valence-corrected chi connectivity index (χ1v) is 7.76. The van der Waals surface area contributed by atoms with E-state index in [1.54, 1.807) is 12.1 Å². The lowest BCUT2D eigenvalue weighted by molar-refractivity contribution is 0.0898. The number of hydrogen-bond acceptors (Lipinski definition) is 3. The van der Waals surface area contributed by atoms with Gasteiger partial charge in [-0.3, -0.25) is 4.79 Å². The largest absolute Gasteiger partial charge is 0.494 e. The number of ether oxygens (including phenoxy) is 1. The van der Waals surface area contributed by atoms with Crippen molar-refractivity contribution in [3.8, 4) is 5.75 Å². The fourth-order valence-electron chi connectivity index (χ4n) is 2.71. The summed E-state index contributed by atoms with van der Waals surface area (Å²) < 4.78 is 5.58. The van der Waals surface area contributed by atoms with E-state index in [2.05, 4.69) is 12.2 Å². The lowest BCUT2D eigenvalue weighted by Gasteiger charge is -2.25. The number of amides is 1. The number of benzene rings is 1. The number of rotatable bonds is 6. The molecule has 1 amide bonds. The van der Waals surface area contributed by atoms with Crippen LogP contribution in [0.25, 0.3) is 0 Å². The maximum Gasteiger partial charge on any atom is 0.251 e. The van der Waals surface area contributed by atoms with E-state index in [0.29, 0.717) is 18.6 Å². The van der Waals surface area contributed by atoms with Crippen LogP contribution in [0.3, 0.4) is 0 Å². The van der Waals surface area contributed by atoms with Gasteiger partial charge < -0.3 is 15.2 Å². The molecule has 4 nitrogen and oxygen atoms in total. The Hall–Kier alpha value is -1.55. The van der Waals surface area contributed by atoms with E-state index in [0.717, 1.165) is 31.4 Å². The first kappa shape index (κ1) is 15.8. The highest BCUT2D eigenvalue weighted by Gasteiger charge is 2.35. The second kappa shape index (κ2) is 6.94. The average Bonchev–Trinajstić information content (AvgIpc) is 2.79. The van der Waals surface area contributed by atoms with Crippen LogP contribution < -0.4 is 10.1 Å². The lowest BCUT2D eigenvalue weighted by Crippen LogP contribution is -2.44. The van der Waals surface area contributed by atoms with Gasteiger partial charge in [-0.15, -0.1) is 0 Å². The van der Waals surface area contributed by atoms with E-state index in [9.17, 15) is 9.90 Å². The summed E-state index contributed by atoms with van der Waals surface area (Å²) in [7, 11) is 0. The fraction of sp³-hybridized carbons (Fsp3) is 0.588. The van der Waals surface area contributed by atoms with E-state index in [-0.39, 0.29) is 17.6 Å². The number of carbonyl (C=O) groups excluding carboxylic acids is 1. The van der Waals surface area contributed by atoms with Crippen LogP contribution in [0.1, 0.15) is 56.3 Å². The van der Waals surface area contributed by atoms with Crippen molar-refractivity contribution in [2.24, 2.45) is 0 Å². The summed E-state index contributed by atoms with van der Waals surface area (Å²) in [6.07, 6.45) is 4.02. The molecule has 1 aromatic rings. The zero-order valence-corrected chi connectivity index (χ0v) is 12.9. The smallest absolute Gasteiger partial charge is 0.251 e. The van der Waals surface area contributed by atoms with Gasteiger partial charge in [0, 0.05) is 11.1 Å². The fourth-order valence-corrected chi connectivity index (χ4v) is 2.71. The molecule has 2 rings (SSSR count). The third-order valence-corrected chi connectivity index (χ3v) is 4.01. The van der Waals surface area contributed by atoms with Crippen LogP contribution in [0.15, 0.2) is 24.3 Å². The molecule has 1 aliphatic carbocycles. The Labute approximate surface area is 126 Å². The van der Waals surface area contributed by atoms with Gasteiger partial charge in [-0.25, -0.2) is 0 Å². The van der Waals surface area contributed by atoms with Crippen LogP contribution in [0.4, 0.5) is 0 Å². The zero-order chi connectivity index (χ0) is 15.3. The van der Waals surface area contributed by atoms with Crippen molar-refractivity contribution in [1.29, 1.82) is 0 Å². The number of aliphatic hydroxyl groups is 1. The molecule has 2 unspecified atom stereocenters. The molecule has 2 N–H and O–H groups in total. The van der Waals surface area contributed by atoms with Gasteiger partial charge in [0.05, 0.1) is 12.7 Å². The van der Waals surface area contributed by atoms with Crippen LogP contribution in [0.5, 0.6) is 5.75 Å². The highest BCUT2D eigenvalue weighted by atomic mass is 16.5. The number of hydrogen-bond donors (Lipinski definition) is 2. The second-order valence-electron chi connectivity index (χ2n) is 6.14. The summed E-state index contributed by atoms with van der Waals surface area (Å²) in [6, 6.07) is 7.23. The summed E-state index contributed by atoms with van der Waals surface area (Å²) in [5.74, 6) is 0.703. The molecule has 1 aromatic carbocycles. The zero-order valence-electron chi connectivity index (χ0n) is 12.9. The molecule has 0 radical (unpaired) electrons. The molecule has 0 aromatic heterocycles. The molecule has 1 aliphatic rings. The molecular formula is C17H25NO3. The third kappa shape index (κ3) is 4.46. The number of carbonyl (C=O) groups is 1. The van der Waals surface area contributed by atoms with E-state index in [4.69, 9.17) is 4.74 Å². The van der Waals surface area contributed by atoms with Gasteiger partial charge in [0.25, 0.3) is 5.91 Å². The van der Waals surface area contributed by atoms with Crippen LogP contribution in [0.2, 0.25) is 0 Å². The van der Waals surface area contributed by atoms with E-state index in [1.165, 1.54) is 0 Å². The van der Waals surface area contributed by atoms with E-state index in [1.807, 2.05) is 19.1 Å². The molecule has 1 saturated carbocycles. The highest BCUT2D eigenvalue weighted by Crippen LogP contribution is 2.29. The number of unbranched alkanes of at least 4 members (excludes halogenated alkanes) is 1. The molecule has 0 spiro atoms. The van der Waals surface area contributed by atoms with Gasteiger partial charge in [0.15, 0.2) is 0 Å². The van der Waals surface area contributed by atoms with Gasteiger partial charge in [-0.05, 0) is 56.9 Å². The summed E-state index contributed by atoms with van der Waals surface area (Å²) >= 11 is 0. The van der Waals surface area contributed by atoms with Gasteiger partial charge in [-0.2, -0.15) is 0 Å². The monoisotopic (exact) mass is 291 g/mol. The van der Waals surface area contributed by atoms with Crippen LogP contribution in [-0.4, -0.2) is 29.3 Å². The van der Waals surface area contributed by atoms with Gasteiger partial charge in [0.2, 0.25) is 0 Å². The Morgan fingerprint density at radius 3 is 2.71 bits per heavy atom. The topological polar surface area (TPSA) is 58.6 Å². The van der Waals surface area contributed by atoms with Crippen LogP contribution in [-0.2, 0) is 0 Å². The Morgan fingerprint density at radius 1 is 1.43 bits per heavy atom. The summed E-state index contributed by atoms with van der Waals surface area (Å²) in [6.45, 7) is 4.82. The van der Waals surface area contributed by atoms with E-state index >= 15 is 0 Å². The summed E-state index contributed by atoms with van der Waals surface area (Å²) in [5.41, 5.74) is 0.327. The predicted molar refractivity (Wildman–Crippen MR) is 82.6 cm³/mol. The van der Waals surface area contributed by atoms with Crippen molar-refractivity contribution in [1.82, 2.24) is 5.32 Å². The molecule has 0 heterocycles. The predicted octanol–water partition coefficient (Wildman–Crippen LogP) is 2.90. The second-order valence-corrected chi connectivity index (χ2v) is 6.14. The van der Waals surface area contributed by atoms with Crippen molar-refractivity contribution in [2.45, 2.75) is 57.6 Å². The van der Waals surface area contributed by atoms with Gasteiger partial charge in [-0.1, -0.05) is 13.3 Å². The number of aliphatic hydroxyl groups excluding tert-OH is 1. The maximum atomic E-state index is 12.3. The molecule has 21 heavy (non-hydrogen) atoms. The highest BCUT2D eigenvalue weighted by molar-refractivity contribution is 5.94. The molecule has 0 aliphatic heterocycles. The average molecular weight is 291 g/mol. The maximum absolute atomic E-state index is 12.3. The van der Waals surface area contributed by atoms with Crippen molar-refractivity contribution >= 4 is 5.91 Å². The van der Waals surface area contributed by atoms with Crippen LogP contribution in [0, 0.1) is 0 Å². The Bertz CT molecular complexity index is 471. The first-order valence-electron chi connectivity index (χ1n) is 7.76. The van der Waals surface area contributed by atoms with E-state index < -0.39 is 0 Å². The minimum Gasteiger partial charge on any atom is -0.494 e. The molecule has 0 bridgehead atoms. The van der Waals surface area contributed by atoms with Gasteiger partial charge in [0.1, 0.15) is 5.75 Å². The molecule has 4 heteroatoms. The SMILES string of the molecule is CCCCOc1ccc(C(=O)NC2(C)CCC(O)C2)cc1. The van der Waals surface area contributed by atoms with Crippen LogP contribution >= 0.6 is 0 Å². The summed E-state index contributed by atoms with van der Waals surface area (Å²) in [5, 5.41) is 12.7. The minimum absolute atomic E-state index is 0.0910. The molecule has 1 fully saturated rings. The van der Waals surface area contributed by atoms with Gasteiger partial charge >= 0.3 is 0 Å². The van der Waals surface area contributed by atoms with Crippen molar-refractivity contribution in [3.05, 3.63) is 29.8 Å². The Balaban J connectivity index is 1.90. The first-order chi connectivity index (χ1) is 10.0. The Morgan fingerprint density at radius 2 is 2.14 bits per heavy atom. The molecule has 2 atom stereocenters. The standard InChI is InChI=1S/C17H25NO3/c1-3-4-11-21-15-7-5-13(6-8-15)16(20)18-17(2)10-9-14(19)12-17/h5-8,14,19H,3-4,9-12H2,1-2H3,(H,18,20). The van der Waals surface area contributed by atoms with Crippen molar-refractivity contribution in [2.75, 3.05) is 6.61 Å². The molecule has 116 valence electrons. The molecular weight excluding hydrogens is 266 g/mol. The molecule has 0 saturated heterocycles. The summed E-state index contributed by atoms with van der Waals surface area (Å²) in [4.78, 5) is 12.3. The normalized spacial score (nSPS) is 24.8.